The van der Waals surface area contributed by atoms with Crippen molar-refractivity contribution >= 4 is 11.6 Å². The standard InChI is InChI=1S/C11H16N2O2/c1-7-6-9(4-5-10(7)15-3)13-11(14)8(2)12/h4-6,8H,12H2,1-3H3,(H,13,14)/t8-/m0/s1. The van der Waals surface area contributed by atoms with E-state index in [-0.39, 0.29) is 5.91 Å². The molecule has 1 aromatic rings. The summed E-state index contributed by atoms with van der Waals surface area (Å²) >= 11 is 0. The van der Waals surface area contributed by atoms with E-state index in [0.29, 0.717) is 0 Å². The second-order valence-corrected chi connectivity index (χ2v) is 3.46. The van der Waals surface area contributed by atoms with Crippen LogP contribution < -0.4 is 15.8 Å². The number of carbonyl (C=O) groups excluding carboxylic acids is 1. The molecule has 1 atom stereocenters. The molecule has 1 aromatic carbocycles. The lowest BCUT2D eigenvalue weighted by atomic mass is 10.2. The molecular formula is C11H16N2O2. The van der Waals surface area contributed by atoms with Crippen molar-refractivity contribution in [3.05, 3.63) is 23.8 Å². The van der Waals surface area contributed by atoms with Gasteiger partial charge in [-0.15, -0.1) is 0 Å². The van der Waals surface area contributed by atoms with Crippen molar-refractivity contribution in [3.63, 3.8) is 0 Å². The van der Waals surface area contributed by atoms with Gasteiger partial charge in [0, 0.05) is 5.69 Å². The summed E-state index contributed by atoms with van der Waals surface area (Å²) in [5.74, 6) is 0.605. The molecule has 0 bridgehead atoms. The highest BCUT2D eigenvalue weighted by atomic mass is 16.5. The molecule has 15 heavy (non-hydrogen) atoms. The summed E-state index contributed by atoms with van der Waals surface area (Å²) in [4.78, 5) is 11.3. The summed E-state index contributed by atoms with van der Waals surface area (Å²) in [6.45, 7) is 3.56. The summed E-state index contributed by atoms with van der Waals surface area (Å²) in [5.41, 5.74) is 7.15. The zero-order chi connectivity index (χ0) is 11.4. The molecule has 1 rings (SSSR count). The SMILES string of the molecule is COc1ccc(NC(=O)[C@H](C)N)cc1C. The van der Waals surface area contributed by atoms with E-state index in [1.165, 1.54) is 0 Å². The van der Waals surface area contributed by atoms with Crippen LogP contribution >= 0.6 is 0 Å². The van der Waals surface area contributed by atoms with Crippen molar-refractivity contribution < 1.29 is 9.53 Å². The van der Waals surface area contributed by atoms with Gasteiger partial charge < -0.3 is 15.8 Å². The average Bonchev–Trinajstić information content (AvgIpc) is 2.18. The number of aryl methyl sites for hydroxylation is 1. The fraction of sp³-hybridized carbons (Fsp3) is 0.364. The van der Waals surface area contributed by atoms with Gasteiger partial charge in [-0.05, 0) is 37.6 Å². The van der Waals surface area contributed by atoms with E-state index < -0.39 is 6.04 Å². The number of hydrogen-bond donors (Lipinski definition) is 2. The largest absolute Gasteiger partial charge is 0.496 e. The maximum absolute atomic E-state index is 11.3. The minimum atomic E-state index is -0.507. The lowest BCUT2D eigenvalue weighted by Gasteiger charge is -2.10. The Morgan fingerprint density at radius 3 is 2.67 bits per heavy atom. The molecule has 0 radical (unpaired) electrons. The van der Waals surface area contributed by atoms with Crippen molar-refractivity contribution in [2.75, 3.05) is 12.4 Å². The van der Waals surface area contributed by atoms with E-state index >= 15 is 0 Å². The van der Waals surface area contributed by atoms with Gasteiger partial charge in [-0.2, -0.15) is 0 Å². The number of carbonyl (C=O) groups is 1. The van der Waals surface area contributed by atoms with Gasteiger partial charge in [0.25, 0.3) is 0 Å². The van der Waals surface area contributed by atoms with E-state index in [0.717, 1.165) is 17.0 Å². The number of hydrogen-bond acceptors (Lipinski definition) is 3. The number of methoxy groups -OCH3 is 1. The van der Waals surface area contributed by atoms with Crippen molar-refractivity contribution in [1.29, 1.82) is 0 Å². The maximum atomic E-state index is 11.3. The van der Waals surface area contributed by atoms with Gasteiger partial charge in [-0.3, -0.25) is 4.79 Å². The van der Waals surface area contributed by atoms with Crippen LogP contribution in [0.5, 0.6) is 5.75 Å². The highest BCUT2D eigenvalue weighted by Crippen LogP contribution is 2.21. The molecule has 1 amide bonds. The molecule has 0 aliphatic heterocycles. The number of amides is 1. The normalized spacial score (nSPS) is 12.0. The third-order valence-corrected chi connectivity index (χ3v) is 2.08. The van der Waals surface area contributed by atoms with Crippen molar-refractivity contribution in [3.8, 4) is 5.75 Å². The molecule has 0 saturated carbocycles. The molecule has 82 valence electrons. The highest BCUT2D eigenvalue weighted by Gasteiger charge is 2.08. The van der Waals surface area contributed by atoms with E-state index in [1.807, 2.05) is 19.1 Å². The zero-order valence-electron chi connectivity index (χ0n) is 9.20. The van der Waals surface area contributed by atoms with Crippen LogP contribution in [0.3, 0.4) is 0 Å². The number of ether oxygens (including phenoxy) is 1. The predicted octanol–water partition coefficient (Wildman–Crippen LogP) is 1.29. The van der Waals surface area contributed by atoms with Crippen LogP contribution in [0.15, 0.2) is 18.2 Å². The molecule has 0 heterocycles. The quantitative estimate of drug-likeness (QED) is 0.786. The summed E-state index contributed by atoms with van der Waals surface area (Å²) in [6, 6.07) is 4.93. The van der Waals surface area contributed by atoms with Gasteiger partial charge in [0.15, 0.2) is 0 Å². The van der Waals surface area contributed by atoms with Crippen molar-refractivity contribution in [1.82, 2.24) is 0 Å². The summed E-state index contributed by atoms with van der Waals surface area (Å²) in [7, 11) is 1.61. The van der Waals surface area contributed by atoms with Crippen LogP contribution in [0.4, 0.5) is 5.69 Å². The van der Waals surface area contributed by atoms with E-state index in [2.05, 4.69) is 5.32 Å². The van der Waals surface area contributed by atoms with Gasteiger partial charge in [0.1, 0.15) is 5.75 Å². The van der Waals surface area contributed by atoms with Crippen LogP contribution in [0.25, 0.3) is 0 Å². The lowest BCUT2D eigenvalue weighted by molar-refractivity contribution is -0.117. The fourth-order valence-corrected chi connectivity index (χ4v) is 1.21. The minimum Gasteiger partial charge on any atom is -0.496 e. The van der Waals surface area contributed by atoms with Gasteiger partial charge in [0.2, 0.25) is 5.91 Å². The molecule has 4 nitrogen and oxygen atoms in total. The number of anilines is 1. The Balaban J connectivity index is 2.80. The molecule has 4 heteroatoms. The molecule has 0 saturated heterocycles. The molecule has 3 N–H and O–H groups in total. The zero-order valence-corrected chi connectivity index (χ0v) is 9.20. The van der Waals surface area contributed by atoms with Gasteiger partial charge >= 0.3 is 0 Å². The first-order chi connectivity index (χ1) is 7.04. The predicted molar refractivity (Wildman–Crippen MR) is 60.0 cm³/mol. The maximum Gasteiger partial charge on any atom is 0.240 e. The van der Waals surface area contributed by atoms with Crippen LogP contribution in [0.1, 0.15) is 12.5 Å². The minimum absolute atomic E-state index is 0.195. The van der Waals surface area contributed by atoms with Crippen LogP contribution in [0.2, 0.25) is 0 Å². The smallest absolute Gasteiger partial charge is 0.240 e. The first-order valence-corrected chi connectivity index (χ1v) is 4.75. The van der Waals surface area contributed by atoms with Gasteiger partial charge in [0.05, 0.1) is 13.2 Å². The summed E-state index contributed by atoms with van der Waals surface area (Å²) in [5, 5.41) is 2.71. The molecule has 0 spiro atoms. The third-order valence-electron chi connectivity index (χ3n) is 2.08. The number of rotatable bonds is 3. The first kappa shape index (κ1) is 11.5. The van der Waals surface area contributed by atoms with E-state index in [4.69, 9.17) is 10.5 Å². The highest BCUT2D eigenvalue weighted by molar-refractivity contribution is 5.94. The van der Waals surface area contributed by atoms with E-state index in [9.17, 15) is 4.79 Å². The second kappa shape index (κ2) is 4.79. The fourth-order valence-electron chi connectivity index (χ4n) is 1.21. The molecule has 0 aliphatic carbocycles. The Morgan fingerprint density at radius 1 is 1.53 bits per heavy atom. The molecular weight excluding hydrogens is 192 g/mol. The van der Waals surface area contributed by atoms with Crippen LogP contribution in [0, 0.1) is 6.92 Å². The Labute approximate surface area is 89.4 Å². The average molecular weight is 208 g/mol. The third kappa shape index (κ3) is 2.95. The topological polar surface area (TPSA) is 64.3 Å². The first-order valence-electron chi connectivity index (χ1n) is 4.75. The summed E-state index contributed by atoms with van der Waals surface area (Å²) < 4.78 is 5.11. The molecule has 0 aromatic heterocycles. The second-order valence-electron chi connectivity index (χ2n) is 3.46. The molecule has 0 aliphatic rings. The number of nitrogens with two attached hydrogens (primary N) is 1. The van der Waals surface area contributed by atoms with Gasteiger partial charge in [-0.25, -0.2) is 0 Å². The molecule has 0 unspecified atom stereocenters. The number of nitrogens with one attached hydrogen (secondary N) is 1. The number of benzene rings is 1. The van der Waals surface area contributed by atoms with Gasteiger partial charge in [-0.1, -0.05) is 0 Å². The Kier molecular flexibility index (Phi) is 3.68. The van der Waals surface area contributed by atoms with E-state index in [1.54, 1.807) is 20.1 Å². The Bertz CT molecular complexity index is 362. The molecule has 0 fully saturated rings. The Morgan fingerprint density at radius 2 is 2.20 bits per heavy atom. The lowest BCUT2D eigenvalue weighted by Crippen LogP contribution is -2.32. The van der Waals surface area contributed by atoms with Crippen molar-refractivity contribution in [2.45, 2.75) is 19.9 Å². The van der Waals surface area contributed by atoms with Crippen molar-refractivity contribution in [2.24, 2.45) is 5.73 Å². The summed E-state index contributed by atoms with van der Waals surface area (Å²) in [6.07, 6.45) is 0. The monoisotopic (exact) mass is 208 g/mol. The van der Waals surface area contributed by atoms with Crippen LogP contribution in [-0.2, 0) is 4.79 Å². The van der Waals surface area contributed by atoms with Crippen LogP contribution in [-0.4, -0.2) is 19.1 Å². The Hall–Kier alpha value is -1.55.